The number of hydrogen-bond acceptors (Lipinski definition) is 27. The fourth-order valence-electron chi connectivity index (χ4n) is 20.2. The van der Waals surface area contributed by atoms with Crippen molar-refractivity contribution in [3.63, 3.8) is 0 Å². The van der Waals surface area contributed by atoms with E-state index in [0.717, 1.165) is 27.8 Å². The molecule has 0 spiro atoms. The minimum Gasteiger partial charge on any atom is -0.493 e. The minimum absolute atomic E-state index is 0. The zero-order valence-electron chi connectivity index (χ0n) is 79.6. The van der Waals surface area contributed by atoms with Crippen molar-refractivity contribution < 1.29 is 117 Å². The maximum Gasteiger partial charge on any atom is 3.00 e. The van der Waals surface area contributed by atoms with Gasteiger partial charge in [-0.3, -0.25) is 77.0 Å². The first kappa shape index (κ1) is 106. The topological polar surface area (TPSA) is 594 Å². The fraction of sp³-hybridized carbons (Fsp3) is 0.510. The van der Waals surface area contributed by atoms with Crippen LogP contribution in [0.1, 0.15) is 199 Å². The van der Waals surface area contributed by atoms with Crippen molar-refractivity contribution in [2.24, 2.45) is 105 Å². The number of fused-ring (bicyclic) bond motifs is 9. The van der Waals surface area contributed by atoms with Crippen molar-refractivity contribution in [3.05, 3.63) is 146 Å². The molecular formula is C96H126CoN16O22P+2. The number of hydrazone groups is 1. The third-order valence-electron chi connectivity index (χ3n) is 27.7. The Morgan fingerprint density at radius 2 is 1.32 bits per heavy atom. The van der Waals surface area contributed by atoms with Gasteiger partial charge < -0.3 is 100 Å². The molecule has 40 heteroatoms. The number of nitrogens with zero attached hydrogens (tertiary/aromatic N) is 7. The van der Waals surface area contributed by atoms with Crippen LogP contribution in [0.3, 0.4) is 0 Å². The average Bonchev–Trinajstić information content (AvgIpc) is 1.52. The Bertz CT molecular complexity index is 5910. The van der Waals surface area contributed by atoms with Crippen molar-refractivity contribution in [1.29, 1.82) is 0 Å². The van der Waals surface area contributed by atoms with Gasteiger partial charge in [0.1, 0.15) is 29.6 Å². The Hall–Kier alpha value is -11.7. The summed E-state index contributed by atoms with van der Waals surface area (Å²) in [6, 6.07) is 17.0. The van der Waals surface area contributed by atoms with Gasteiger partial charge in [-0.05, 0) is 192 Å². The number of nitrogens with two attached hydrogens (primary N) is 6. The van der Waals surface area contributed by atoms with Gasteiger partial charge in [-0.1, -0.05) is 40.7 Å². The van der Waals surface area contributed by atoms with Crippen LogP contribution in [0.25, 0.3) is 22.2 Å². The number of phosphoric ester groups is 1. The second-order valence-electron chi connectivity index (χ2n) is 37.1. The second kappa shape index (κ2) is 43.3. The number of imidazole rings is 1. The molecule has 18 N–H and O–H groups in total. The van der Waals surface area contributed by atoms with E-state index in [4.69, 9.17) is 91.8 Å². The predicted octanol–water partition coefficient (Wildman–Crippen LogP) is 8.03. The first-order valence-electron chi connectivity index (χ1n) is 44.8. The van der Waals surface area contributed by atoms with Crippen LogP contribution in [0.5, 0.6) is 28.7 Å². The first-order valence-corrected chi connectivity index (χ1v) is 46.3. The number of allylic oxidation sites excluding steroid dienone is 6. The number of ether oxygens (including phenoxy) is 6. The van der Waals surface area contributed by atoms with Crippen LogP contribution in [0.15, 0.2) is 131 Å². The number of aliphatic imine (C=N–C) groups is 4. The third kappa shape index (κ3) is 22.3. The SMILES string of the molecule is C/C1=C2N=C(/C=C3N=C(/C(C)=C4\N=C(C(CC(N)=O)C4(C)CCC(=O)NC[C@@H](C)OP(=O)(O)OC4C(O)[C@@H](n5cnc6cc(C)c(C)cc65)O[C@@H]4CO)C4(C)N=C1C(CCC(N)=O)C4(C)CC(N)=O)[C@@H](CCC(N)=O)C\3(C)C)C(CCC(N)=O)C/2(C)CC(N)=O.[CH2-]CCC(=O)N/N=C(\C)c1ccc(OCC(=O)N[C@H]2CCc3cc(OC)c(OC)c(OC)c3-c3ccc(OC)c(=O)cc32)cc1.[Co+3]. The van der Waals surface area contributed by atoms with Gasteiger partial charge in [-0.2, -0.15) is 11.5 Å². The summed E-state index contributed by atoms with van der Waals surface area (Å²) < 4.78 is 60.4. The second-order valence-corrected chi connectivity index (χ2v) is 38.4. The van der Waals surface area contributed by atoms with E-state index in [1.54, 1.807) is 82.9 Å². The first-order chi connectivity index (χ1) is 63.6. The van der Waals surface area contributed by atoms with Gasteiger partial charge >= 0.3 is 24.6 Å². The number of aromatic nitrogens is 2. The summed E-state index contributed by atoms with van der Waals surface area (Å²) >= 11 is 0. The van der Waals surface area contributed by atoms with Gasteiger partial charge in [0.2, 0.25) is 58.4 Å². The molecular weight excluding hydrogens is 1820 g/mol. The van der Waals surface area contributed by atoms with E-state index < -0.39 is 143 Å². The molecule has 7 heterocycles. The van der Waals surface area contributed by atoms with E-state index in [1.807, 2.05) is 72.7 Å². The Morgan fingerprint density at radius 3 is 1.92 bits per heavy atom. The molecule has 8 bridgehead atoms. The van der Waals surface area contributed by atoms with Crippen LogP contribution in [0, 0.1) is 66.1 Å². The molecule has 5 aromatic rings. The average molecular weight is 1950 g/mol. The van der Waals surface area contributed by atoms with E-state index in [0.29, 0.717) is 128 Å². The normalized spacial score (nSPS) is 26.7. The number of hydrogen-bond donors (Lipinski definition) is 12. The Kier molecular flexibility index (Phi) is 33.9. The molecule has 734 valence electrons. The molecule has 38 nitrogen and oxygen atoms in total. The van der Waals surface area contributed by atoms with Crippen LogP contribution < -0.4 is 79.6 Å². The van der Waals surface area contributed by atoms with Gasteiger partial charge in [0.05, 0.1) is 87.4 Å². The summed E-state index contributed by atoms with van der Waals surface area (Å²) in [6.07, 6.45) is -2.79. The summed E-state index contributed by atoms with van der Waals surface area (Å²) in [5.41, 5.74) is 43.3. The molecule has 1 fully saturated rings. The van der Waals surface area contributed by atoms with Crippen molar-refractivity contribution in [2.75, 3.05) is 48.2 Å². The van der Waals surface area contributed by atoms with Gasteiger partial charge in [0.25, 0.3) is 5.91 Å². The molecule has 1 saturated heterocycles. The van der Waals surface area contributed by atoms with Crippen molar-refractivity contribution in [1.82, 2.24) is 25.6 Å². The number of carbonyl (C=O) groups excluding carboxylic acids is 9. The molecule has 0 saturated carbocycles. The zero-order valence-corrected chi connectivity index (χ0v) is 81.5. The van der Waals surface area contributed by atoms with Gasteiger partial charge in [0, 0.05) is 132 Å². The summed E-state index contributed by atoms with van der Waals surface area (Å²) in [4.78, 5) is 169. The van der Waals surface area contributed by atoms with Crippen molar-refractivity contribution >= 4 is 101 Å². The molecule has 10 unspecified atom stereocenters. The predicted molar refractivity (Wildman–Crippen MR) is 505 cm³/mol. The number of aliphatic hydroxyl groups is 2. The number of carbonyl (C=O) groups is 9. The van der Waals surface area contributed by atoms with Crippen LogP contribution >= 0.6 is 7.82 Å². The number of aliphatic hydroxyl groups excluding tert-OH is 2. The fourth-order valence-corrected chi connectivity index (χ4v) is 21.4. The molecule has 15 atom stereocenters. The van der Waals surface area contributed by atoms with Crippen LogP contribution in [-0.4, -0.2) is 185 Å². The molecule has 7 aliphatic rings. The molecule has 4 aromatic carbocycles. The standard InChI is InChI=1S/C62H88N13O14P.C34H38N3O8.Co/c1-29-20-39-40(21-30(29)2)75(28-70-39)57-52(84)53(41(27-76)87-57)89-90(85,86)88-31(3)26-69-49(83)18-19-59(8)37(22-46(66)80)56-62(11)61(10,25-48(68)82)36(14-17-45(65)79)51(74-62)33(5)55-60(9,24-47(67)81)34(12-15-43(63)77)38(71-55)23-42-58(6,7)35(13-16-44(64)78)50(72-42)32(4)54(59)73-56;1-7-8-30(39)37-36-20(2)21-9-12-23(13-10-21)45-19-31(40)35-26-15-11-22-17-29(42-4)33(43-5)34(44-6)32(22)24-14-16-28(41-3)27(38)18-25(24)26;/h20-21,23,28,31,34-37,41,52-53,57,76,84H,12-19,22,24-27H2,1-11H3,(H2,63,77)(H2,64,78)(H2,65,79)(H2,66,80)(H2,67,81)(H2,68,82)(H,69,83)(H,85,86);9-10,12-14,16-18,26H,1,7-8,11,15,19H2,2-6H3,(H,35,40)(H,37,39);/q;-1;+3/b42-23-,54-32-,55-33-;36-20+;/t31-,34?,35-,36?,37?,41-,52?,53?,57+,59?,60?,61?,62?;26-;/m10./s1. The summed E-state index contributed by atoms with van der Waals surface area (Å²) in [6.45, 7) is 24.2. The van der Waals surface area contributed by atoms with E-state index >= 15 is 0 Å². The van der Waals surface area contributed by atoms with Crippen LogP contribution in [0.4, 0.5) is 0 Å². The number of nitrogens with one attached hydrogen (secondary N) is 3. The third-order valence-corrected chi connectivity index (χ3v) is 28.8. The number of rotatable bonds is 38. The molecule has 6 aliphatic heterocycles. The number of amides is 9. The number of aryl methyl sites for hydroxylation is 3. The summed E-state index contributed by atoms with van der Waals surface area (Å²) in [5, 5.41) is 31.7. The molecule has 1 aliphatic carbocycles. The maximum absolute atomic E-state index is 14.4. The number of methoxy groups -OCH3 is 4. The Morgan fingerprint density at radius 1 is 0.699 bits per heavy atom. The Balaban J connectivity index is 0.000000347. The molecule has 12 rings (SSSR count). The van der Waals surface area contributed by atoms with Crippen LogP contribution in [-0.2, 0) is 84.7 Å². The maximum atomic E-state index is 14.4. The van der Waals surface area contributed by atoms with Crippen LogP contribution in [0.2, 0.25) is 0 Å². The molecule has 9 amide bonds. The monoisotopic (exact) mass is 1940 g/mol. The Labute approximate surface area is 799 Å². The summed E-state index contributed by atoms with van der Waals surface area (Å²) in [7, 11) is 1.000. The van der Waals surface area contributed by atoms with Gasteiger partial charge in [-0.25, -0.2) is 15.0 Å². The molecule has 0 radical (unpaired) electrons. The van der Waals surface area contributed by atoms with Crippen molar-refractivity contribution in [3.8, 4) is 39.9 Å². The smallest absolute Gasteiger partial charge is 0.493 e. The van der Waals surface area contributed by atoms with E-state index in [-0.39, 0.29) is 124 Å². The van der Waals surface area contributed by atoms with E-state index in [9.17, 15) is 67.6 Å². The van der Waals surface area contributed by atoms with Crippen molar-refractivity contribution in [2.45, 2.75) is 222 Å². The zero-order chi connectivity index (χ0) is 99.2. The van der Waals surface area contributed by atoms with Gasteiger partial charge in [-0.15, -0.1) is 0 Å². The molecule has 1 aromatic heterocycles. The summed E-state index contributed by atoms with van der Waals surface area (Å²) in [5.74, 6) is -6.03. The minimum atomic E-state index is -5.07. The van der Waals surface area contributed by atoms with E-state index in [2.05, 4.69) is 33.1 Å². The van der Waals surface area contributed by atoms with Gasteiger partial charge in [0.15, 0.2) is 30.1 Å². The number of primary amides is 6. The number of phosphoric acid groups is 1. The largest absolute Gasteiger partial charge is 3.00 e. The van der Waals surface area contributed by atoms with E-state index in [1.165, 1.54) is 33.5 Å². The molecule has 136 heavy (non-hydrogen) atoms. The number of benzene rings is 3. The quantitative estimate of drug-likeness (QED) is 0.00769.